The maximum absolute atomic E-state index is 11.6. The number of aliphatic hydroxyl groups is 1. The Kier molecular flexibility index (Phi) is 2.68. The highest BCUT2D eigenvalue weighted by molar-refractivity contribution is 5.93. The second-order valence-corrected chi connectivity index (χ2v) is 4.08. The molecule has 2 N–H and O–H groups in total. The van der Waals surface area contributed by atoms with Gasteiger partial charge in [-0.05, 0) is 25.0 Å². The van der Waals surface area contributed by atoms with Crippen LogP contribution in [0.1, 0.15) is 23.2 Å². The zero-order valence-electron chi connectivity index (χ0n) is 8.44. The van der Waals surface area contributed by atoms with E-state index in [0.29, 0.717) is 12.1 Å². The average molecular weight is 206 g/mol. The lowest BCUT2D eigenvalue weighted by atomic mass is 10.1. The van der Waals surface area contributed by atoms with Gasteiger partial charge in [0.05, 0.1) is 12.2 Å². The molecule has 1 heterocycles. The number of hydrogen-bond donors (Lipinski definition) is 2. The first-order valence-electron chi connectivity index (χ1n) is 5.05. The Bertz CT molecular complexity index is 347. The Labute approximate surface area is 88.3 Å². The third-order valence-corrected chi connectivity index (χ3v) is 2.84. The molecule has 15 heavy (non-hydrogen) atoms. The first-order valence-corrected chi connectivity index (χ1v) is 5.05. The van der Waals surface area contributed by atoms with E-state index in [9.17, 15) is 4.79 Å². The maximum atomic E-state index is 11.6. The number of carbonyl (C=O) groups is 1. The molecule has 80 valence electrons. The van der Waals surface area contributed by atoms with Gasteiger partial charge in [0.15, 0.2) is 0 Å². The second-order valence-electron chi connectivity index (χ2n) is 4.08. The lowest BCUT2D eigenvalue weighted by molar-refractivity contribution is 0.0935. The Morgan fingerprint density at radius 2 is 2.40 bits per heavy atom. The van der Waals surface area contributed by atoms with Gasteiger partial charge in [0, 0.05) is 24.4 Å². The normalized spacial score (nSPS) is 17.1. The van der Waals surface area contributed by atoms with Crippen LogP contribution in [-0.4, -0.2) is 29.1 Å². The molecular weight excluding hydrogens is 192 g/mol. The van der Waals surface area contributed by atoms with Crippen molar-refractivity contribution in [2.24, 2.45) is 5.41 Å². The van der Waals surface area contributed by atoms with Crippen molar-refractivity contribution in [3.05, 3.63) is 30.1 Å². The van der Waals surface area contributed by atoms with Crippen LogP contribution in [0.15, 0.2) is 24.5 Å². The maximum Gasteiger partial charge on any atom is 0.252 e. The summed E-state index contributed by atoms with van der Waals surface area (Å²) in [6.07, 6.45) is 5.16. The number of rotatable bonds is 4. The Hall–Kier alpha value is -1.42. The van der Waals surface area contributed by atoms with Gasteiger partial charge in [-0.15, -0.1) is 0 Å². The standard InChI is InChI=1S/C11H14N2O2/c14-8-11(3-4-11)7-13-10(15)9-2-1-5-12-6-9/h1-2,5-6,14H,3-4,7-8H2,(H,13,15). The van der Waals surface area contributed by atoms with Gasteiger partial charge < -0.3 is 10.4 Å². The van der Waals surface area contributed by atoms with E-state index in [1.54, 1.807) is 18.3 Å². The SMILES string of the molecule is O=C(NCC1(CO)CC1)c1cccnc1. The number of nitrogens with zero attached hydrogens (tertiary/aromatic N) is 1. The van der Waals surface area contributed by atoms with Gasteiger partial charge in [-0.2, -0.15) is 0 Å². The molecule has 0 radical (unpaired) electrons. The largest absolute Gasteiger partial charge is 0.396 e. The predicted octanol–water partition coefficient (Wildman–Crippen LogP) is 0.584. The van der Waals surface area contributed by atoms with E-state index in [-0.39, 0.29) is 17.9 Å². The van der Waals surface area contributed by atoms with E-state index in [1.165, 1.54) is 6.20 Å². The summed E-state index contributed by atoms with van der Waals surface area (Å²) in [5.41, 5.74) is 0.518. The van der Waals surface area contributed by atoms with Crippen LogP contribution in [0.5, 0.6) is 0 Å². The van der Waals surface area contributed by atoms with Crippen LogP contribution in [0, 0.1) is 5.41 Å². The molecule has 0 aromatic carbocycles. The van der Waals surface area contributed by atoms with E-state index in [1.807, 2.05) is 0 Å². The molecule has 4 heteroatoms. The molecule has 0 unspecified atom stereocenters. The number of carbonyl (C=O) groups excluding carboxylic acids is 1. The second kappa shape index (κ2) is 3.98. The monoisotopic (exact) mass is 206 g/mol. The minimum Gasteiger partial charge on any atom is -0.396 e. The summed E-state index contributed by atoms with van der Waals surface area (Å²) in [7, 11) is 0. The number of nitrogens with one attached hydrogen (secondary N) is 1. The molecule has 1 saturated carbocycles. The smallest absolute Gasteiger partial charge is 0.252 e. The van der Waals surface area contributed by atoms with Gasteiger partial charge >= 0.3 is 0 Å². The zero-order chi connectivity index (χ0) is 10.7. The van der Waals surface area contributed by atoms with Crippen LogP contribution >= 0.6 is 0 Å². The van der Waals surface area contributed by atoms with Crippen LogP contribution in [0.2, 0.25) is 0 Å². The summed E-state index contributed by atoms with van der Waals surface area (Å²) < 4.78 is 0. The molecule has 1 fully saturated rings. The number of amides is 1. The summed E-state index contributed by atoms with van der Waals surface area (Å²) in [5, 5.41) is 11.9. The Morgan fingerprint density at radius 1 is 1.60 bits per heavy atom. The summed E-state index contributed by atoms with van der Waals surface area (Å²) in [5.74, 6) is -0.122. The van der Waals surface area contributed by atoms with Crippen molar-refractivity contribution in [3.63, 3.8) is 0 Å². The topological polar surface area (TPSA) is 62.2 Å². The summed E-state index contributed by atoms with van der Waals surface area (Å²) >= 11 is 0. The van der Waals surface area contributed by atoms with Gasteiger partial charge in [-0.1, -0.05) is 0 Å². The first kappa shape index (κ1) is 10.1. The Morgan fingerprint density at radius 3 is 2.93 bits per heavy atom. The van der Waals surface area contributed by atoms with Crippen molar-refractivity contribution in [1.29, 1.82) is 0 Å². The number of pyridine rings is 1. The Balaban J connectivity index is 1.88. The number of aliphatic hydroxyl groups excluding tert-OH is 1. The molecule has 2 rings (SSSR count). The van der Waals surface area contributed by atoms with Crippen LogP contribution in [0.25, 0.3) is 0 Å². The fourth-order valence-corrected chi connectivity index (χ4v) is 1.43. The summed E-state index contributed by atoms with van der Waals surface area (Å²) in [6, 6.07) is 3.45. The predicted molar refractivity (Wildman–Crippen MR) is 55.3 cm³/mol. The first-order chi connectivity index (χ1) is 7.26. The van der Waals surface area contributed by atoms with Crippen molar-refractivity contribution in [2.45, 2.75) is 12.8 Å². The fourth-order valence-electron chi connectivity index (χ4n) is 1.43. The molecule has 1 amide bonds. The van der Waals surface area contributed by atoms with Crippen molar-refractivity contribution >= 4 is 5.91 Å². The fraction of sp³-hybridized carbons (Fsp3) is 0.455. The lowest BCUT2D eigenvalue weighted by Gasteiger charge is -2.12. The van der Waals surface area contributed by atoms with E-state index >= 15 is 0 Å². The van der Waals surface area contributed by atoms with Crippen molar-refractivity contribution in [3.8, 4) is 0 Å². The third-order valence-electron chi connectivity index (χ3n) is 2.84. The highest BCUT2D eigenvalue weighted by atomic mass is 16.3. The molecule has 0 spiro atoms. The molecular formula is C11H14N2O2. The van der Waals surface area contributed by atoms with Gasteiger partial charge in [0.1, 0.15) is 0 Å². The van der Waals surface area contributed by atoms with Crippen molar-refractivity contribution < 1.29 is 9.90 Å². The molecule has 1 aliphatic rings. The molecule has 1 aliphatic carbocycles. The minimum atomic E-state index is -0.122. The van der Waals surface area contributed by atoms with Gasteiger partial charge in [0.25, 0.3) is 5.91 Å². The summed E-state index contributed by atoms with van der Waals surface area (Å²) in [6.45, 7) is 0.706. The van der Waals surface area contributed by atoms with Crippen LogP contribution in [0.3, 0.4) is 0 Å². The van der Waals surface area contributed by atoms with Crippen molar-refractivity contribution in [2.75, 3.05) is 13.2 Å². The summed E-state index contributed by atoms with van der Waals surface area (Å²) in [4.78, 5) is 15.5. The van der Waals surface area contributed by atoms with E-state index in [2.05, 4.69) is 10.3 Å². The molecule has 0 atom stereocenters. The van der Waals surface area contributed by atoms with E-state index in [4.69, 9.17) is 5.11 Å². The lowest BCUT2D eigenvalue weighted by Crippen LogP contribution is -2.31. The van der Waals surface area contributed by atoms with Gasteiger partial charge in [-0.3, -0.25) is 9.78 Å². The van der Waals surface area contributed by atoms with Crippen molar-refractivity contribution in [1.82, 2.24) is 10.3 Å². The molecule has 0 aliphatic heterocycles. The van der Waals surface area contributed by atoms with Crippen LogP contribution < -0.4 is 5.32 Å². The number of hydrogen-bond acceptors (Lipinski definition) is 3. The molecule has 4 nitrogen and oxygen atoms in total. The van der Waals surface area contributed by atoms with E-state index < -0.39 is 0 Å². The third kappa shape index (κ3) is 2.33. The molecule has 1 aromatic rings. The minimum absolute atomic E-state index is 0.0438. The number of aromatic nitrogens is 1. The molecule has 1 aromatic heterocycles. The van der Waals surface area contributed by atoms with Crippen LogP contribution in [0.4, 0.5) is 0 Å². The molecule has 0 bridgehead atoms. The van der Waals surface area contributed by atoms with Gasteiger partial charge in [0.2, 0.25) is 0 Å². The average Bonchev–Trinajstić information content (AvgIpc) is 3.08. The quantitative estimate of drug-likeness (QED) is 0.757. The van der Waals surface area contributed by atoms with Crippen LogP contribution in [-0.2, 0) is 0 Å². The zero-order valence-corrected chi connectivity index (χ0v) is 8.44. The van der Waals surface area contributed by atoms with Gasteiger partial charge in [-0.25, -0.2) is 0 Å². The van der Waals surface area contributed by atoms with E-state index in [0.717, 1.165) is 12.8 Å². The molecule has 0 saturated heterocycles. The highest BCUT2D eigenvalue weighted by Crippen LogP contribution is 2.44. The highest BCUT2D eigenvalue weighted by Gasteiger charge is 2.42.